The van der Waals surface area contributed by atoms with Crippen molar-refractivity contribution in [1.29, 1.82) is 0 Å². The summed E-state index contributed by atoms with van der Waals surface area (Å²) in [6.45, 7) is 7.79. The molecule has 28 heavy (non-hydrogen) atoms. The SMILES string of the molecule is CCCNCc1ncc(C#Cc2ccc(-c3cnc(CNCCC)[nH]3)cc2)[nH]1. The van der Waals surface area contributed by atoms with E-state index in [1.165, 1.54) is 0 Å². The molecule has 0 fully saturated rings. The molecule has 4 N–H and O–H groups in total. The van der Waals surface area contributed by atoms with Crippen molar-refractivity contribution in [1.82, 2.24) is 30.6 Å². The largest absolute Gasteiger partial charge is 0.341 e. The Balaban J connectivity index is 1.59. The Bertz CT molecular complexity index is 910. The van der Waals surface area contributed by atoms with Crippen LogP contribution in [0.15, 0.2) is 36.7 Å². The molecule has 0 radical (unpaired) electrons. The van der Waals surface area contributed by atoms with Crippen molar-refractivity contribution in [3.8, 4) is 23.1 Å². The zero-order valence-electron chi connectivity index (χ0n) is 16.6. The first kappa shape index (κ1) is 19.9. The van der Waals surface area contributed by atoms with Gasteiger partial charge >= 0.3 is 0 Å². The minimum Gasteiger partial charge on any atom is -0.341 e. The molecule has 0 aliphatic carbocycles. The Labute approximate surface area is 166 Å². The molecule has 0 spiro atoms. The first-order chi connectivity index (χ1) is 13.8. The van der Waals surface area contributed by atoms with Crippen LogP contribution in [0.5, 0.6) is 0 Å². The summed E-state index contributed by atoms with van der Waals surface area (Å²) in [6, 6.07) is 8.18. The van der Waals surface area contributed by atoms with Gasteiger partial charge in [-0.05, 0) is 49.5 Å². The highest BCUT2D eigenvalue weighted by Crippen LogP contribution is 2.17. The molecule has 2 aromatic heterocycles. The second-order valence-electron chi connectivity index (χ2n) is 6.67. The van der Waals surface area contributed by atoms with E-state index >= 15 is 0 Å². The Morgan fingerprint density at radius 2 is 1.46 bits per heavy atom. The molecule has 0 bridgehead atoms. The van der Waals surface area contributed by atoms with Crippen molar-refractivity contribution < 1.29 is 0 Å². The first-order valence-electron chi connectivity index (χ1n) is 9.90. The van der Waals surface area contributed by atoms with Crippen LogP contribution in [-0.4, -0.2) is 33.0 Å². The monoisotopic (exact) mass is 376 g/mol. The summed E-state index contributed by atoms with van der Waals surface area (Å²) in [5.74, 6) is 8.19. The van der Waals surface area contributed by atoms with Crippen LogP contribution in [0, 0.1) is 11.8 Å². The van der Waals surface area contributed by atoms with Crippen LogP contribution >= 0.6 is 0 Å². The number of aromatic nitrogens is 4. The minimum atomic E-state index is 0.740. The van der Waals surface area contributed by atoms with E-state index in [0.717, 1.165) is 73.2 Å². The molecule has 0 amide bonds. The Hall–Kier alpha value is -2.88. The number of benzene rings is 1. The van der Waals surface area contributed by atoms with Crippen LogP contribution in [0.4, 0.5) is 0 Å². The fourth-order valence-corrected chi connectivity index (χ4v) is 2.75. The second-order valence-corrected chi connectivity index (χ2v) is 6.67. The standard InChI is InChI=1S/C22H28N6/c1-3-11-23-15-21-25-13-19(27-21)10-7-17-5-8-18(9-6-17)20-14-26-22(28-20)16-24-12-4-2/h5-6,8-9,13-14,23-24H,3-4,11-12,15-16H2,1-2H3,(H,25,27)(H,26,28). The Morgan fingerprint density at radius 3 is 2.14 bits per heavy atom. The fraction of sp³-hybridized carbons (Fsp3) is 0.364. The molecule has 146 valence electrons. The predicted octanol–water partition coefficient (Wildman–Crippen LogP) is 3.20. The molecule has 0 aliphatic rings. The molecule has 1 aromatic carbocycles. The third-order valence-corrected chi connectivity index (χ3v) is 4.23. The number of imidazole rings is 2. The molecule has 0 unspecified atom stereocenters. The van der Waals surface area contributed by atoms with Gasteiger partial charge in [0.25, 0.3) is 0 Å². The van der Waals surface area contributed by atoms with E-state index in [9.17, 15) is 0 Å². The normalized spacial score (nSPS) is 10.6. The van der Waals surface area contributed by atoms with Crippen molar-refractivity contribution >= 4 is 0 Å². The van der Waals surface area contributed by atoms with Gasteiger partial charge in [-0.2, -0.15) is 0 Å². The predicted molar refractivity (Wildman–Crippen MR) is 113 cm³/mol. The average molecular weight is 377 g/mol. The molecule has 0 atom stereocenters. The fourth-order valence-electron chi connectivity index (χ4n) is 2.75. The Kier molecular flexibility index (Phi) is 7.42. The summed E-state index contributed by atoms with van der Waals surface area (Å²) in [5, 5.41) is 6.67. The summed E-state index contributed by atoms with van der Waals surface area (Å²) in [7, 11) is 0. The Morgan fingerprint density at radius 1 is 0.821 bits per heavy atom. The van der Waals surface area contributed by atoms with Crippen LogP contribution in [0.1, 0.15) is 49.6 Å². The summed E-state index contributed by atoms with van der Waals surface area (Å²) >= 11 is 0. The van der Waals surface area contributed by atoms with Crippen LogP contribution < -0.4 is 10.6 Å². The van der Waals surface area contributed by atoms with Gasteiger partial charge in [-0.15, -0.1) is 0 Å². The zero-order chi connectivity index (χ0) is 19.6. The van der Waals surface area contributed by atoms with Gasteiger partial charge in [0.1, 0.15) is 17.3 Å². The summed E-state index contributed by atoms with van der Waals surface area (Å²) in [5.41, 5.74) is 3.92. The molecular formula is C22H28N6. The number of H-pyrrole nitrogens is 2. The van der Waals surface area contributed by atoms with Gasteiger partial charge in [-0.25, -0.2) is 9.97 Å². The van der Waals surface area contributed by atoms with Gasteiger partial charge < -0.3 is 20.6 Å². The minimum absolute atomic E-state index is 0.740. The van der Waals surface area contributed by atoms with Gasteiger partial charge in [-0.1, -0.05) is 31.9 Å². The van der Waals surface area contributed by atoms with Crippen molar-refractivity contribution in [2.75, 3.05) is 13.1 Å². The molecular weight excluding hydrogens is 348 g/mol. The highest BCUT2D eigenvalue weighted by Gasteiger charge is 2.03. The third-order valence-electron chi connectivity index (χ3n) is 4.23. The number of rotatable bonds is 9. The summed E-state index contributed by atoms with van der Waals surface area (Å²) in [6.07, 6.45) is 5.88. The van der Waals surface area contributed by atoms with Crippen molar-refractivity contribution in [2.45, 2.75) is 39.8 Å². The molecule has 2 heterocycles. The second kappa shape index (κ2) is 10.5. The number of hydrogen-bond acceptors (Lipinski definition) is 4. The molecule has 6 heteroatoms. The molecule has 3 aromatic rings. The van der Waals surface area contributed by atoms with E-state index in [4.69, 9.17) is 0 Å². The maximum atomic E-state index is 4.43. The van der Waals surface area contributed by atoms with Gasteiger partial charge in [0.05, 0.1) is 31.2 Å². The lowest BCUT2D eigenvalue weighted by molar-refractivity contribution is 0.655. The lowest BCUT2D eigenvalue weighted by atomic mass is 10.1. The first-order valence-corrected chi connectivity index (χ1v) is 9.90. The van der Waals surface area contributed by atoms with Crippen LogP contribution in [0.25, 0.3) is 11.3 Å². The van der Waals surface area contributed by atoms with Crippen molar-refractivity contribution in [2.24, 2.45) is 0 Å². The van der Waals surface area contributed by atoms with E-state index < -0.39 is 0 Å². The number of aromatic amines is 2. The van der Waals surface area contributed by atoms with Crippen LogP contribution in [0.2, 0.25) is 0 Å². The maximum Gasteiger partial charge on any atom is 0.121 e. The number of nitrogens with one attached hydrogen (secondary N) is 4. The maximum absolute atomic E-state index is 4.43. The lowest BCUT2D eigenvalue weighted by Gasteiger charge is -2.00. The number of nitrogens with zero attached hydrogens (tertiary/aromatic N) is 2. The molecule has 0 saturated carbocycles. The van der Waals surface area contributed by atoms with E-state index in [2.05, 4.69) is 68.4 Å². The lowest BCUT2D eigenvalue weighted by Crippen LogP contribution is -2.14. The van der Waals surface area contributed by atoms with Gasteiger partial charge in [0.2, 0.25) is 0 Å². The highest BCUT2D eigenvalue weighted by molar-refractivity contribution is 5.60. The van der Waals surface area contributed by atoms with Gasteiger partial charge in [0, 0.05) is 5.56 Å². The van der Waals surface area contributed by atoms with E-state index in [1.54, 1.807) is 6.20 Å². The average Bonchev–Trinajstić information content (AvgIpc) is 3.37. The van der Waals surface area contributed by atoms with Crippen LogP contribution in [-0.2, 0) is 13.1 Å². The van der Waals surface area contributed by atoms with Gasteiger partial charge in [0.15, 0.2) is 0 Å². The van der Waals surface area contributed by atoms with Crippen molar-refractivity contribution in [3.05, 3.63) is 59.6 Å². The zero-order valence-corrected chi connectivity index (χ0v) is 16.6. The third kappa shape index (κ3) is 5.81. The molecule has 0 saturated heterocycles. The van der Waals surface area contributed by atoms with E-state index in [1.807, 2.05) is 18.3 Å². The summed E-state index contributed by atoms with van der Waals surface area (Å²) < 4.78 is 0. The molecule has 3 rings (SSSR count). The van der Waals surface area contributed by atoms with E-state index in [-0.39, 0.29) is 0 Å². The van der Waals surface area contributed by atoms with E-state index in [0.29, 0.717) is 0 Å². The molecule has 0 aliphatic heterocycles. The van der Waals surface area contributed by atoms with Gasteiger partial charge in [-0.3, -0.25) is 0 Å². The quantitative estimate of drug-likeness (QED) is 0.341. The van der Waals surface area contributed by atoms with Crippen LogP contribution in [0.3, 0.4) is 0 Å². The highest BCUT2D eigenvalue weighted by atomic mass is 15.0. The molecule has 6 nitrogen and oxygen atoms in total. The summed E-state index contributed by atoms with van der Waals surface area (Å²) in [4.78, 5) is 15.4. The number of hydrogen-bond donors (Lipinski definition) is 4. The smallest absolute Gasteiger partial charge is 0.121 e. The van der Waals surface area contributed by atoms with Crippen molar-refractivity contribution in [3.63, 3.8) is 0 Å². The topological polar surface area (TPSA) is 81.4 Å².